The van der Waals surface area contributed by atoms with E-state index in [0.717, 1.165) is 50.3 Å². The molecule has 0 radical (unpaired) electrons. The maximum atomic E-state index is 12.7. The lowest BCUT2D eigenvalue weighted by Crippen LogP contribution is -2.51. The molecule has 3 aliphatic heterocycles. The smallest absolute Gasteiger partial charge is 0.317 e. The number of fused-ring (bicyclic) bond motifs is 1. The van der Waals surface area contributed by atoms with Crippen LogP contribution in [-0.4, -0.2) is 60.6 Å². The van der Waals surface area contributed by atoms with E-state index in [2.05, 4.69) is 11.4 Å². The molecule has 6 nitrogen and oxygen atoms in total. The number of amides is 3. The van der Waals surface area contributed by atoms with Crippen LogP contribution in [0.1, 0.15) is 24.0 Å². The van der Waals surface area contributed by atoms with Gasteiger partial charge in [0.05, 0.1) is 19.1 Å². The van der Waals surface area contributed by atoms with Gasteiger partial charge in [0.1, 0.15) is 5.75 Å². The highest BCUT2D eigenvalue weighted by Gasteiger charge is 2.32. The Labute approximate surface area is 141 Å². The molecule has 1 N–H and O–H groups in total. The van der Waals surface area contributed by atoms with Gasteiger partial charge in [0.2, 0.25) is 5.91 Å². The minimum absolute atomic E-state index is 0.00733. The zero-order valence-corrected chi connectivity index (χ0v) is 13.8. The highest BCUT2D eigenvalue weighted by Crippen LogP contribution is 2.26. The number of hydrogen-bond donors (Lipinski definition) is 1. The first-order valence-electron chi connectivity index (χ1n) is 8.77. The summed E-state index contributed by atoms with van der Waals surface area (Å²) in [6.07, 6.45) is 3.28. The first-order chi connectivity index (χ1) is 11.7. The Hall–Kier alpha value is -2.24. The van der Waals surface area contributed by atoms with Crippen molar-refractivity contribution < 1.29 is 14.3 Å². The number of nitrogens with one attached hydrogen (secondary N) is 1. The van der Waals surface area contributed by atoms with Crippen molar-refractivity contribution >= 4 is 11.9 Å². The number of urea groups is 1. The Bertz CT molecular complexity index is 661. The van der Waals surface area contributed by atoms with E-state index in [9.17, 15) is 9.59 Å². The lowest BCUT2D eigenvalue weighted by Gasteiger charge is -2.37. The average molecular weight is 329 g/mol. The Morgan fingerprint density at radius 2 is 2.25 bits per heavy atom. The summed E-state index contributed by atoms with van der Waals surface area (Å²) in [5.41, 5.74) is 2.25. The Balaban J connectivity index is 1.39. The summed E-state index contributed by atoms with van der Waals surface area (Å²) in [5.74, 6) is 1.10. The van der Waals surface area contributed by atoms with Crippen LogP contribution in [-0.2, 0) is 17.6 Å². The van der Waals surface area contributed by atoms with Gasteiger partial charge in [-0.1, -0.05) is 12.1 Å². The summed E-state index contributed by atoms with van der Waals surface area (Å²) in [6.45, 7) is 3.63. The first kappa shape index (κ1) is 15.3. The van der Waals surface area contributed by atoms with Crippen molar-refractivity contribution in [2.24, 2.45) is 0 Å². The van der Waals surface area contributed by atoms with Gasteiger partial charge in [0, 0.05) is 32.6 Å². The van der Waals surface area contributed by atoms with Crippen molar-refractivity contribution in [3.05, 3.63) is 29.3 Å². The molecule has 1 aromatic carbocycles. The number of piperidine rings is 1. The monoisotopic (exact) mass is 329 g/mol. The van der Waals surface area contributed by atoms with Gasteiger partial charge >= 0.3 is 6.03 Å². The number of ether oxygens (including phenoxy) is 1. The zero-order valence-electron chi connectivity index (χ0n) is 13.8. The van der Waals surface area contributed by atoms with Crippen LogP contribution in [0.25, 0.3) is 0 Å². The molecule has 1 aromatic rings. The van der Waals surface area contributed by atoms with Gasteiger partial charge in [-0.2, -0.15) is 0 Å². The molecule has 0 aliphatic carbocycles. The number of carbonyl (C=O) groups is 2. The van der Waals surface area contributed by atoms with Gasteiger partial charge in [0.25, 0.3) is 0 Å². The van der Waals surface area contributed by atoms with E-state index in [0.29, 0.717) is 19.5 Å². The largest absolute Gasteiger partial charge is 0.493 e. The van der Waals surface area contributed by atoms with E-state index in [4.69, 9.17) is 4.74 Å². The predicted molar refractivity (Wildman–Crippen MR) is 89.1 cm³/mol. The molecule has 4 rings (SSSR count). The second kappa shape index (κ2) is 6.34. The highest BCUT2D eigenvalue weighted by atomic mass is 16.5. The lowest BCUT2D eigenvalue weighted by atomic mass is 10.0. The summed E-state index contributed by atoms with van der Waals surface area (Å²) in [6, 6.07) is 6.21. The fourth-order valence-corrected chi connectivity index (χ4v) is 3.91. The van der Waals surface area contributed by atoms with Gasteiger partial charge in [-0.3, -0.25) is 4.79 Å². The van der Waals surface area contributed by atoms with Crippen LogP contribution < -0.4 is 10.1 Å². The van der Waals surface area contributed by atoms with Crippen molar-refractivity contribution in [1.29, 1.82) is 0 Å². The summed E-state index contributed by atoms with van der Waals surface area (Å²) in [4.78, 5) is 28.3. The SMILES string of the molecule is O=C(Cc1ccc2c(c1)CCO2)N1CCCC(N2CCNC2=O)C1. The van der Waals surface area contributed by atoms with E-state index in [-0.39, 0.29) is 18.0 Å². The van der Waals surface area contributed by atoms with Crippen molar-refractivity contribution in [3.8, 4) is 5.75 Å². The summed E-state index contributed by atoms with van der Waals surface area (Å²) in [5, 5.41) is 2.85. The van der Waals surface area contributed by atoms with E-state index in [1.807, 2.05) is 21.9 Å². The molecule has 0 saturated carbocycles. The van der Waals surface area contributed by atoms with Gasteiger partial charge < -0.3 is 19.9 Å². The van der Waals surface area contributed by atoms with Crippen LogP contribution >= 0.6 is 0 Å². The van der Waals surface area contributed by atoms with Crippen molar-refractivity contribution in [2.75, 3.05) is 32.8 Å². The molecule has 0 aromatic heterocycles. The van der Waals surface area contributed by atoms with Crippen molar-refractivity contribution in [3.63, 3.8) is 0 Å². The van der Waals surface area contributed by atoms with Gasteiger partial charge in [0.15, 0.2) is 0 Å². The maximum Gasteiger partial charge on any atom is 0.317 e. The number of hydrogen-bond acceptors (Lipinski definition) is 3. The molecule has 2 fully saturated rings. The molecular weight excluding hydrogens is 306 g/mol. The third-order valence-electron chi connectivity index (χ3n) is 5.19. The number of rotatable bonds is 3. The molecule has 128 valence electrons. The first-order valence-corrected chi connectivity index (χ1v) is 8.77. The molecule has 3 amide bonds. The van der Waals surface area contributed by atoms with Crippen molar-refractivity contribution in [2.45, 2.75) is 31.7 Å². The Morgan fingerprint density at radius 3 is 3.08 bits per heavy atom. The van der Waals surface area contributed by atoms with E-state index in [1.165, 1.54) is 5.56 Å². The van der Waals surface area contributed by atoms with Crippen LogP contribution in [0.5, 0.6) is 5.75 Å². The fourth-order valence-electron chi connectivity index (χ4n) is 3.91. The summed E-state index contributed by atoms with van der Waals surface area (Å²) < 4.78 is 5.52. The Morgan fingerprint density at radius 1 is 1.33 bits per heavy atom. The minimum atomic E-state index is 0.00733. The highest BCUT2D eigenvalue weighted by molar-refractivity contribution is 5.80. The third-order valence-corrected chi connectivity index (χ3v) is 5.19. The molecule has 2 saturated heterocycles. The Kier molecular flexibility index (Phi) is 4.04. The number of carbonyl (C=O) groups excluding carboxylic acids is 2. The molecule has 3 aliphatic rings. The van der Waals surface area contributed by atoms with Gasteiger partial charge in [-0.15, -0.1) is 0 Å². The number of likely N-dealkylation sites (tertiary alicyclic amines) is 1. The van der Waals surface area contributed by atoms with Crippen LogP contribution in [0, 0.1) is 0 Å². The predicted octanol–water partition coefficient (Wildman–Crippen LogP) is 1.18. The van der Waals surface area contributed by atoms with Crippen LogP contribution in [0.2, 0.25) is 0 Å². The summed E-state index contributed by atoms with van der Waals surface area (Å²) >= 11 is 0. The number of benzene rings is 1. The molecule has 0 spiro atoms. The third kappa shape index (κ3) is 2.92. The topological polar surface area (TPSA) is 61.9 Å². The zero-order chi connectivity index (χ0) is 16.5. The molecule has 3 heterocycles. The molecular formula is C18H23N3O3. The molecule has 6 heteroatoms. The molecule has 24 heavy (non-hydrogen) atoms. The van der Waals surface area contributed by atoms with Crippen LogP contribution in [0.4, 0.5) is 4.79 Å². The fraction of sp³-hybridized carbons (Fsp3) is 0.556. The maximum absolute atomic E-state index is 12.7. The van der Waals surface area contributed by atoms with Crippen LogP contribution in [0.3, 0.4) is 0 Å². The summed E-state index contributed by atoms with van der Waals surface area (Å²) in [7, 11) is 0. The molecule has 0 bridgehead atoms. The van der Waals surface area contributed by atoms with E-state index >= 15 is 0 Å². The van der Waals surface area contributed by atoms with E-state index < -0.39 is 0 Å². The average Bonchev–Trinajstić information content (AvgIpc) is 3.23. The van der Waals surface area contributed by atoms with Gasteiger partial charge in [-0.25, -0.2) is 4.79 Å². The molecule has 1 unspecified atom stereocenters. The standard InChI is InChI=1S/C18H23N3O3/c22-17(11-13-3-4-16-14(10-13)5-9-24-16)20-7-1-2-15(12-20)21-8-6-19-18(21)23/h3-4,10,15H,1-2,5-9,11-12H2,(H,19,23). The number of nitrogens with zero attached hydrogens (tertiary/aromatic N) is 2. The van der Waals surface area contributed by atoms with Crippen molar-refractivity contribution in [1.82, 2.24) is 15.1 Å². The molecule has 1 atom stereocenters. The second-order valence-electron chi connectivity index (χ2n) is 6.78. The minimum Gasteiger partial charge on any atom is -0.493 e. The lowest BCUT2D eigenvalue weighted by molar-refractivity contribution is -0.132. The van der Waals surface area contributed by atoms with E-state index in [1.54, 1.807) is 0 Å². The van der Waals surface area contributed by atoms with Crippen LogP contribution in [0.15, 0.2) is 18.2 Å². The quantitative estimate of drug-likeness (QED) is 0.906. The second-order valence-corrected chi connectivity index (χ2v) is 6.78. The normalized spacial score (nSPS) is 23.0. The van der Waals surface area contributed by atoms with Gasteiger partial charge in [-0.05, 0) is 30.0 Å².